The lowest BCUT2D eigenvalue weighted by Crippen LogP contribution is -2.19. The Bertz CT molecular complexity index is 798. The second kappa shape index (κ2) is 8.96. The monoisotopic (exact) mass is 332 g/mol. The number of carbonyl (C=O) groups is 1. The molecular weight excluding hydrogens is 308 g/mol. The second-order valence-corrected chi connectivity index (χ2v) is 6.24. The predicted octanol–water partition coefficient (Wildman–Crippen LogP) is 4.30. The molecule has 0 radical (unpaired) electrons. The van der Waals surface area contributed by atoms with Gasteiger partial charge in [-0.25, -0.2) is 0 Å². The Hall–Kier alpha value is -2.70. The molecule has 0 aliphatic rings. The van der Waals surface area contributed by atoms with Crippen LogP contribution in [0.1, 0.15) is 37.0 Å². The van der Waals surface area contributed by atoms with Crippen molar-refractivity contribution in [3.8, 4) is 17.2 Å². The number of hydrogen-bond acceptors (Lipinski definition) is 3. The van der Waals surface area contributed by atoms with Gasteiger partial charge in [-0.3, -0.25) is 4.79 Å². The molecule has 0 fully saturated rings. The average molecular weight is 332 g/mol. The summed E-state index contributed by atoms with van der Waals surface area (Å²) >= 11 is 0. The molecule has 0 aliphatic heterocycles. The molecule has 2 aromatic rings. The Morgan fingerprint density at radius 1 is 1.20 bits per heavy atom. The van der Waals surface area contributed by atoms with Crippen LogP contribution >= 0.6 is 0 Å². The van der Waals surface area contributed by atoms with Crippen LogP contribution in [-0.2, 0) is 17.6 Å². The zero-order chi connectivity index (χ0) is 18.2. The smallest absolute Gasteiger partial charge is 0.152 e. The van der Waals surface area contributed by atoms with E-state index in [1.165, 1.54) is 5.56 Å². The Kier molecular flexibility index (Phi) is 6.68. The van der Waals surface area contributed by atoms with Crippen LogP contribution in [0.2, 0.25) is 0 Å². The van der Waals surface area contributed by atoms with Gasteiger partial charge >= 0.3 is 0 Å². The maximum absolute atomic E-state index is 11.2. The molecule has 0 unspecified atom stereocenters. The minimum absolute atomic E-state index is 0.0534. The minimum Gasteiger partial charge on any atom is -0.316 e. The maximum atomic E-state index is 11.2. The largest absolute Gasteiger partial charge is 0.316 e. The average Bonchev–Trinajstić information content (AvgIpc) is 2.61. The van der Waals surface area contributed by atoms with Crippen molar-refractivity contribution in [3.63, 3.8) is 0 Å². The van der Waals surface area contributed by atoms with Gasteiger partial charge in [0, 0.05) is 6.42 Å². The molecule has 0 saturated heterocycles. The summed E-state index contributed by atoms with van der Waals surface area (Å²) in [5, 5.41) is 8.81. The molecule has 3 nitrogen and oxygen atoms in total. The third-order valence-electron chi connectivity index (χ3n) is 4.07. The first-order chi connectivity index (χ1) is 12.0. The topological polar surface area (TPSA) is 66.9 Å². The molecule has 2 N–H and O–H groups in total. The van der Waals surface area contributed by atoms with Gasteiger partial charge in [0.1, 0.15) is 0 Å². The lowest BCUT2D eigenvalue weighted by atomic mass is 9.95. The van der Waals surface area contributed by atoms with Gasteiger partial charge in [0.2, 0.25) is 0 Å². The summed E-state index contributed by atoms with van der Waals surface area (Å²) in [6.45, 7) is 3.71. The number of carbonyl (C=O) groups excluding carboxylic acids is 1. The highest BCUT2D eigenvalue weighted by Crippen LogP contribution is 2.25. The second-order valence-electron chi connectivity index (χ2n) is 6.24. The first-order valence-corrected chi connectivity index (χ1v) is 8.59. The van der Waals surface area contributed by atoms with Crippen LogP contribution in [-0.4, -0.2) is 11.8 Å². The molecule has 3 heteroatoms. The third-order valence-corrected chi connectivity index (χ3v) is 4.07. The third kappa shape index (κ3) is 5.41. The minimum atomic E-state index is -0.464. The lowest BCUT2D eigenvalue weighted by molar-refractivity contribution is -0.112. The number of ketones is 1. The first-order valence-electron chi connectivity index (χ1n) is 8.59. The van der Waals surface area contributed by atoms with E-state index in [0.29, 0.717) is 6.42 Å². The summed E-state index contributed by atoms with van der Waals surface area (Å²) in [6.07, 6.45) is 6.09. The molecule has 0 aromatic heterocycles. The molecule has 0 spiro atoms. The van der Waals surface area contributed by atoms with Crippen molar-refractivity contribution >= 4 is 11.9 Å². The van der Waals surface area contributed by atoms with E-state index < -0.39 is 6.04 Å². The number of benzene rings is 2. The van der Waals surface area contributed by atoms with Crippen LogP contribution in [0.15, 0.2) is 48.5 Å². The van der Waals surface area contributed by atoms with E-state index in [9.17, 15) is 4.79 Å². The van der Waals surface area contributed by atoms with Crippen molar-refractivity contribution < 1.29 is 4.79 Å². The SMILES string of the molecule is CCCc1cc(-c2ccc(C[C@H](N)C#N)cc2)ccc1/C=C\C(C)=O. The Balaban J connectivity index is 2.28. The van der Waals surface area contributed by atoms with Gasteiger partial charge in [0.15, 0.2) is 5.78 Å². The Morgan fingerprint density at radius 2 is 1.88 bits per heavy atom. The Labute approximate surface area is 149 Å². The van der Waals surface area contributed by atoms with E-state index in [1.54, 1.807) is 13.0 Å². The Morgan fingerprint density at radius 3 is 2.48 bits per heavy atom. The van der Waals surface area contributed by atoms with Crippen molar-refractivity contribution in [1.29, 1.82) is 5.26 Å². The van der Waals surface area contributed by atoms with Crippen molar-refractivity contribution in [3.05, 3.63) is 65.2 Å². The van der Waals surface area contributed by atoms with Crippen LogP contribution in [0.3, 0.4) is 0 Å². The highest BCUT2D eigenvalue weighted by Gasteiger charge is 2.06. The van der Waals surface area contributed by atoms with Crippen molar-refractivity contribution in [1.82, 2.24) is 0 Å². The number of nitrogens with two attached hydrogens (primary N) is 1. The number of rotatable bonds is 7. The van der Waals surface area contributed by atoms with E-state index >= 15 is 0 Å². The van der Waals surface area contributed by atoms with E-state index in [1.807, 2.05) is 18.2 Å². The fraction of sp³-hybridized carbons (Fsp3) is 0.273. The zero-order valence-corrected chi connectivity index (χ0v) is 14.8. The molecule has 0 bridgehead atoms. The van der Waals surface area contributed by atoms with Crippen LogP contribution in [0.4, 0.5) is 0 Å². The first kappa shape index (κ1) is 18.6. The number of aryl methyl sites for hydroxylation is 1. The standard InChI is InChI=1S/C22H24N2O/c1-3-4-20-14-21(12-11-18(20)8-5-16(2)25)19-9-6-17(7-10-19)13-22(24)15-23/h5-12,14,22H,3-4,13,24H2,1-2H3/b8-5-/t22-/m0/s1. The summed E-state index contributed by atoms with van der Waals surface area (Å²) in [6, 6.07) is 16.1. The number of hydrogen-bond donors (Lipinski definition) is 1. The van der Waals surface area contributed by atoms with Gasteiger partial charge in [-0.05, 0) is 47.2 Å². The van der Waals surface area contributed by atoms with Gasteiger partial charge in [-0.15, -0.1) is 0 Å². The van der Waals surface area contributed by atoms with E-state index in [0.717, 1.165) is 35.1 Å². The van der Waals surface area contributed by atoms with Crippen molar-refractivity contribution in [2.75, 3.05) is 0 Å². The van der Waals surface area contributed by atoms with Crippen LogP contribution in [0, 0.1) is 11.3 Å². The molecule has 2 rings (SSSR count). The number of allylic oxidation sites excluding steroid dienone is 1. The highest BCUT2D eigenvalue weighted by molar-refractivity contribution is 5.91. The highest BCUT2D eigenvalue weighted by atomic mass is 16.1. The summed E-state index contributed by atoms with van der Waals surface area (Å²) < 4.78 is 0. The fourth-order valence-corrected chi connectivity index (χ4v) is 2.77. The lowest BCUT2D eigenvalue weighted by Gasteiger charge is -2.10. The molecule has 128 valence electrons. The van der Waals surface area contributed by atoms with Crippen LogP contribution < -0.4 is 5.73 Å². The van der Waals surface area contributed by atoms with Crippen molar-refractivity contribution in [2.24, 2.45) is 5.73 Å². The number of nitriles is 1. The predicted molar refractivity (Wildman–Crippen MR) is 103 cm³/mol. The molecule has 2 aromatic carbocycles. The molecule has 0 heterocycles. The molecule has 0 aliphatic carbocycles. The van der Waals surface area contributed by atoms with Gasteiger partial charge in [0.05, 0.1) is 12.1 Å². The summed E-state index contributed by atoms with van der Waals surface area (Å²) in [7, 11) is 0. The van der Waals surface area contributed by atoms with Crippen LogP contribution in [0.25, 0.3) is 17.2 Å². The molecule has 0 saturated carbocycles. The zero-order valence-electron chi connectivity index (χ0n) is 14.8. The summed E-state index contributed by atoms with van der Waals surface area (Å²) in [5.41, 5.74) is 11.4. The van der Waals surface area contributed by atoms with Crippen LogP contribution in [0.5, 0.6) is 0 Å². The van der Waals surface area contributed by atoms with E-state index in [4.69, 9.17) is 11.0 Å². The number of nitrogens with zero attached hydrogens (tertiary/aromatic N) is 1. The molecule has 1 atom stereocenters. The van der Waals surface area contributed by atoms with Gasteiger partial charge in [-0.1, -0.05) is 61.9 Å². The van der Waals surface area contributed by atoms with Gasteiger partial charge in [-0.2, -0.15) is 5.26 Å². The van der Waals surface area contributed by atoms with E-state index in [-0.39, 0.29) is 5.78 Å². The summed E-state index contributed by atoms with van der Waals surface area (Å²) in [4.78, 5) is 11.2. The summed E-state index contributed by atoms with van der Waals surface area (Å²) in [5.74, 6) is 0.0534. The quantitative estimate of drug-likeness (QED) is 0.769. The van der Waals surface area contributed by atoms with Gasteiger partial charge in [0.25, 0.3) is 0 Å². The van der Waals surface area contributed by atoms with Crippen molar-refractivity contribution in [2.45, 2.75) is 39.2 Å². The van der Waals surface area contributed by atoms with E-state index in [2.05, 4.69) is 43.3 Å². The normalized spacial score (nSPS) is 12.1. The molecule has 25 heavy (non-hydrogen) atoms. The fourth-order valence-electron chi connectivity index (χ4n) is 2.77. The maximum Gasteiger partial charge on any atom is 0.152 e. The van der Waals surface area contributed by atoms with Gasteiger partial charge < -0.3 is 5.73 Å². The molecule has 0 amide bonds. The molecular formula is C22H24N2O.